The zero-order valence-corrected chi connectivity index (χ0v) is 20.4. The standard InChI is InChI=1S/C26H26FN3O5S/c1-18(31)28-15-23-16-30(26(32)35-23)22-11-12-24(25(27)13-22)21-9-7-20(8-10-21)17-36(33,34)29-14-19-5-3-2-4-6-19/h2-13,23,29H,14-17H2,1H3,(H,28,31). The van der Waals surface area contributed by atoms with Gasteiger partial charge in [-0.1, -0.05) is 54.6 Å². The molecule has 2 N–H and O–H groups in total. The van der Waals surface area contributed by atoms with Crippen LogP contribution in [0.4, 0.5) is 14.9 Å². The minimum Gasteiger partial charge on any atom is -0.442 e. The maximum atomic E-state index is 15.0. The van der Waals surface area contributed by atoms with Crippen molar-refractivity contribution in [3.05, 3.63) is 89.7 Å². The fraction of sp³-hybridized carbons (Fsp3) is 0.231. The van der Waals surface area contributed by atoms with Gasteiger partial charge in [-0.15, -0.1) is 0 Å². The van der Waals surface area contributed by atoms with E-state index in [1.54, 1.807) is 36.4 Å². The van der Waals surface area contributed by atoms with Gasteiger partial charge in [-0.3, -0.25) is 9.69 Å². The number of carbonyl (C=O) groups excluding carboxylic acids is 2. The number of rotatable bonds is 9. The molecular weight excluding hydrogens is 485 g/mol. The molecule has 188 valence electrons. The van der Waals surface area contributed by atoms with Crippen LogP contribution in [0.5, 0.6) is 0 Å². The molecule has 1 aliphatic rings. The van der Waals surface area contributed by atoms with Crippen molar-refractivity contribution in [3.8, 4) is 11.1 Å². The van der Waals surface area contributed by atoms with E-state index in [0.29, 0.717) is 22.4 Å². The molecule has 0 bridgehead atoms. The minimum absolute atomic E-state index is 0.183. The third-order valence-corrected chi connectivity index (χ3v) is 6.98. The second kappa shape index (κ2) is 10.9. The molecule has 8 nitrogen and oxygen atoms in total. The van der Waals surface area contributed by atoms with Crippen molar-refractivity contribution in [2.24, 2.45) is 0 Å². The lowest BCUT2D eigenvalue weighted by molar-refractivity contribution is -0.119. The van der Waals surface area contributed by atoms with Gasteiger partial charge in [0.05, 0.1) is 24.5 Å². The van der Waals surface area contributed by atoms with E-state index < -0.39 is 28.0 Å². The van der Waals surface area contributed by atoms with E-state index >= 15 is 0 Å². The Morgan fingerprint density at radius 1 is 1.06 bits per heavy atom. The summed E-state index contributed by atoms with van der Waals surface area (Å²) >= 11 is 0. The summed E-state index contributed by atoms with van der Waals surface area (Å²) in [5, 5.41) is 2.60. The number of hydrogen-bond donors (Lipinski definition) is 2. The molecular formula is C26H26FN3O5S. The van der Waals surface area contributed by atoms with Crippen LogP contribution in [0.25, 0.3) is 11.1 Å². The van der Waals surface area contributed by atoms with Crippen molar-refractivity contribution < 1.29 is 27.1 Å². The highest BCUT2D eigenvalue weighted by atomic mass is 32.2. The quantitative estimate of drug-likeness (QED) is 0.457. The number of nitrogens with zero attached hydrogens (tertiary/aromatic N) is 1. The third-order valence-electron chi connectivity index (χ3n) is 5.68. The largest absolute Gasteiger partial charge is 0.442 e. The highest BCUT2D eigenvalue weighted by Gasteiger charge is 2.32. The molecule has 36 heavy (non-hydrogen) atoms. The minimum atomic E-state index is -3.55. The molecule has 1 heterocycles. The monoisotopic (exact) mass is 511 g/mol. The summed E-state index contributed by atoms with van der Waals surface area (Å²) in [6, 6.07) is 20.3. The van der Waals surface area contributed by atoms with Gasteiger partial charge in [0.1, 0.15) is 11.9 Å². The Labute approximate surface area is 209 Å². The van der Waals surface area contributed by atoms with Crippen LogP contribution in [0.1, 0.15) is 18.1 Å². The van der Waals surface area contributed by atoms with E-state index in [-0.39, 0.29) is 31.3 Å². The Kier molecular flexibility index (Phi) is 7.66. The average Bonchev–Trinajstić information content (AvgIpc) is 3.23. The molecule has 1 unspecified atom stereocenters. The summed E-state index contributed by atoms with van der Waals surface area (Å²) in [4.78, 5) is 24.6. The predicted octanol–water partition coefficient (Wildman–Crippen LogP) is 3.57. The zero-order chi connectivity index (χ0) is 25.7. The second-order valence-corrected chi connectivity index (χ2v) is 10.3. The summed E-state index contributed by atoms with van der Waals surface area (Å²) in [5.41, 5.74) is 2.67. The molecule has 3 aromatic rings. The fourth-order valence-corrected chi connectivity index (χ4v) is 4.96. The van der Waals surface area contributed by atoms with Gasteiger partial charge in [-0.25, -0.2) is 22.3 Å². The van der Waals surface area contributed by atoms with Gasteiger partial charge in [0.15, 0.2) is 0 Å². The molecule has 0 aliphatic carbocycles. The summed E-state index contributed by atoms with van der Waals surface area (Å²) in [6.45, 7) is 1.95. The third kappa shape index (κ3) is 6.46. The summed E-state index contributed by atoms with van der Waals surface area (Å²) in [6.07, 6.45) is -1.13. The first-order chi connectivity index (χ1) is 17.2. The highest BCUT2D eigenvalue weighted by molar-refractivity contribution is 7.88. The van der Waals surface area contributed by atoms with Gasteiger partial charge in [0.2, 0.25) is 15.9 Å². The zero-order valence-electron chi connectivity index (χ0n) is 19.6. The van der Waals surface area contributed by atoms with Crippen molar-refractivity contribution in [1.82, 2.24) is 10.0 Å². The SMILES string of the molecule is CC(=O)NCC1CN(c2ccc(-c3ccc(CS(=O)(=O)NCc4ccccc4)cc3)c(F)c2)C(=O)O1. The van der Waals surface area contributed by atoms with E-state index in [4.69, 9.17) is 4.74 Å². The van der Waals surface area contributed by atoms with Crippen LogP contribution < -0.4 is 14.9 Å². The number of halogens is 1. The molecule has 3 aromatic carbocycles. The Morgan fingerprint density at radius 3 is 2.44 bits per heavy atom. The number of hydrogen-bond acceptors (Lipinski definition) is 5. The molecule has 0 radical (unpaired) electrons. The molecule has 1 fully saturated rings. The van der Waals surface area contributed by atoms with Crippen LogP contribution in [0, 0.1) is 5.82 Å². The molecule has 1 saturated heterocycles. The lowest BCUT2D eigenvalue weighted by Crippen LogP contribution is -2.33. The van der Waals surface area contributed by atoms with Crippen LogP contribution in [0.15, 0.2) is 72.8 Å². The summed E-state index contributed by atoms with van der Waals surface area (Å²) in [7, 11) is -3.55. The van der Waals surface area contributed by atoms with Gasteiger partial charge >= 0.3 is 6.09 Å². The molecule has 1 aliphatic heterocycles. The molecule has 0 aromatic heterocycles. The van der Waals surface area contributed by atoms with E-state index in [1.807, 2.05) is 30.3 Å². The Morgan fingerprint density at radius 2 is 1.78 bits per heavy atom. The van der Waals surface area contributed by atoms with Crippen molar-refractivity contribution in [2.75, 3.05) is 18.0 Å². The molecule has 1 atom stereocenters. The van der Waals surface area contributed by atoms with E-state index in [0.717, 1.165) is 5.56 Å². The highest BCUT2D eigenvalue weighted by Crippen LogP contribution is 2.29. The van der Waals surface area contributed by atoms with Gasteiger partial charge in [0.25, 0.3) is 0 Å². The summed E-state index contributed by atoms with van der Waals surface area (Å²) < 4.78 is 47.6. The molecule has 4 rings (SSSR count). The number of sulfonamides is 1. The topological polar surface area (TPSA) is 105 Å². The Balaban J connectivity index is 1.40. The van der Waals surface area contributed by atoms with Crippen molar-refractivity contribution in [1.29, 1.82) is 0 Å². The normalized spacial score (nSPS) is 15.6. The number of ether oxygens (including phenoxy) is 1. The van der Waals surface area contributed by atoms with Crippen LogP contribution in [0.3, 0.4) is 0 Å². The van der Waals surface area contributed by atoms with Crippen molar-refractivity contribution in [2.45, 2.75) is 25.3 Å². The first kappa shape index (κ1) is 25.3. The van der Waals surface area contributed by atoms with E-state index in [9.17, 15) is 22.4 Å². The van der Waals surface area contributed by atoms with Gasteiger partial charge in [0, 0.05) is 19.0 Å². The number of nitrogens with one attached hydrogen (secondary N) is 2. The van der Waals surface area contributed by atoms with Crippen molar-refractivity contribution >= 4 is 27.7 Å². The van der Waals surface area contributed by atoms with Crippen LogP contribution in [0.2, 0.25) is 0 Å². The second-order valence-electron chi connectivity index (χ2n) is 8.48. The number of benzene rings is 3. The van der Waals surface area contributed by atoms with Crippen molar-refractivity contribution in [3.63, 3.8) is 0 Å². The Bertz CT molecular complexity index is 1350. The van der Waals surface area contributed by atoms with Gasteiger partial charge < -0.3 is 10.1 Å². The average molecular weight is 512 g/mol. The summed E-state index contributed by atoms with van der Waals surface area (Å²) in [5.74, 6) is -0.958. The molecule has 0 saturated carbocycles. The molecule has 0 spiro atoms. The maximum absolute atomic E-state index is 15.0. The predicted molar refractivity (Wildman–Crippen MR) is 134 cm³/mol. The number of anilines is 1. The van der Waals surface area contributed by atoms with Crippen LogP contribution in [-0.4, -0.2) is 39.6 Å². The van der Waals surface area contributed by atoms with Crippen LogP contribution in [-0.2, 0) is 31.9 Å². The van der Waals surface area contributed by atoms with Gasteiger partial charge in [-0.05, 0) is 34.9 Å². The van der Waals surface area contributed by atoms with Crippen LogP contribution >= 0.6 is 0 Å². The molecule has 2 amide bonds. The number of amides is 2. The van der Waals surface area contributed by atoms with Gasteiger partial charge in [-0.2, -0.15) is 0 Å². The molecule has 10 heteroatoms. The first-order valence-corrected chi connectivity index (χ1v) is 13.0. The fourth-order valence-electron chi connectivity index (χ4n) is 3.84. The maximum Gasteiger partial charge on any atom is 0.414 e. The van der Waals surface area contributed by atoms with E-state index in [2.05, 4.69) is 10.0 Å². The number of cyclic esters (lactones) is 1. The first-order valence-electron chi connectivity index (χ1n) is 11.3. The Hall–Kier alpha value is -3.76. The van der Waals surface area contributed by atoms with E-state index in [1.165, 1.54) is 17.9 Å². The number of carbonyl (C=O) groups is 2. The smallest absolute Gasteiger partial charge is 0.414 e. The lowest BCUT2D eigenvalue weighted by atomic mass is 10.0. The lowest BCUT2D eigenvalue weighted by Gasteiger charge is -2.15.